The van der Waals surface area contributed by atoms with Gasteiger partial charge in [0.2, 0.25) is 0 Å². The van der Waals surface area contributed by atoms with Crippen molar-refractivity contribution in [2.75, 3.05) is 19.7 Å². The van der Waals surface area contributed by atoms with Crippen molar-refractivity contribution in [1.29, 1.82) is 0 Å². The number of nitrogens with zero attached hydrogens (tertiary/aromatic N) is 1. The quantitative estimate of drug-likeness (QED) is 0.708. The van der Waals surface area contributed by atoms with Crippen LogP contribution in [0.5, 0.6) is 0 Å². The minimum Gasteiger partial charge on any atom is -0.466 e. The summed E-state index contributed by atoms with van der Waals surface area (Å²) < 4.78 is 5.07. The van der Waals surface area contributed by atoms with Gasteiger partial charge in [-0.25, -0.2) is 0 Å². The first-order valence-corrected chi connectivity index (χ1v) is 6.86. The molecule has 100 valence electrons. The van der Waals surface area contributed by atoms with E-state index in [2.05, 4.69) is 25.7 Å². The highest BCUT2D eigenvalue weighted by molar-refractivity contribution is 5.72. The first kappa shape index (κ1) is 14.5. The highest BCUT2D eigenvalue weighted by Gasteiger charge is 2.30. The monoisotopic (exact) mass is 241 g/mol. The van der Waals surface area contributed by atoms with Crippen LogP contribution < -0.4 is 0 Å². The van der Waals surface area contributed by atoms with E-state index < -0.39 is 0 Å². The second kappa shape index (κ2) is 6.39. The average molecular weight is 241 g/mol. The number of hydrogen-bond donors (Lipinski definition) is 0. The van der Waals surface area contributed by atoms with Gasteiger partial charge >= 0.3 is 5.97 Å². The van der Waals surface area contributed by atoms with Crippen LogP contribution in [-0.2, 0) is 9.53 Å². The van der Waals surface area contributed by atoms with E-state index in [0.29, 0.717) is 18.6 Å². The summed E-state index contributed by atoms with van der Waals surface area (Å²) in [7, 11) is 0. The van der Waals surface area contributed by atoms with Crippen LogP contribution >= 0.6 is 0 Å². The van der Waals surface area contributed by atoms with Gasteiger partial charge in [-0.05, 0) is 32.1 Å². The molecule has 0 bridgehead atoms. The molecular formula is C14H27NO2. The van der Waals surface area contributed by atoms with Crippen molar-refractivity contribution in [3.8, 4) is 0 Å². The van der Waals surface area contributed by atoms with Crippen LogP contribution in [0.15, 0.2) is 0 Å². The molecule has 1 fully saturated rings. The topological polar surface area (TPSA) is 29.5 Å². The number of piperidine rings is 1. The zero-order valence-electron chi connectivity index (χ0n) is 11.9. The Morgan fingerprint density at radius 2 is 2.06 bits per heavy atom. The third-order valence-corrected chi connectivity index (χ3v) is 3.92. The Morgan fingerprint density at radius 1 is 1.41 bits per heavy atom. The molecule has 0 saturated carbocycles. The number of carbonyl (C=O) groups is 1. The molecule has 4 atom stereocenters. The van der Waals surface area contributed by atoms with Gasteiger partial charge in [-0.3, -0.25) is 9.69 Å². The maximum Gasteiger partial charge on any atom is 0.309 e. The van der Waals surface area contributed by atoms with E-state index in [4.69, 9.17) is 4.74 Å². The van der Waals surface area contributed by atoms with Gasteiger partial charge in [0, 0.05) is 19.1 Å². The molecule has 3 nitrogen and oxygen atoms in total. The second-order valence-electron chi connectivity index (χ2n) is 5.67. The Bertz CT molecular complexity index is 255. The predicted molar refractivity (Wildman–Crippen MR) is 69.8 cm³/mol. The van der Waals surface area contributed by atoms with Gasteiger partial charge in [-0.1, -0.05) is 20.8 Å². The SMILES string of the molecule is CCOC(=O)C(C)CN1CC(C)CC(C)C1C. The predicted octanol–water partition coefficient (Wildman–Crippen LogP) is 2.55. The molecule has 0 N–H and O–H groups in total. The first-order chi connectivity index (χ1) is 7.95. The van der Waals surface area contributed by atoms with Gasteiger partial charge < -0.3 is 4.74 Å². The molecule has 4 unspecified atom stereocenters. The average Bonchev–Trinajstić information content (AvgIpc) is 2.25. The summed E-state index contributed by atoms with van der Waals surface area (Å²) in [5.74, 6) is 1.37. The molecule has 1 saturated heterocycles. The minimum atomic E-state index is -0.0643. The number of likely N-dealkylation sites (tertiary alicyclic amines) is 1. The maximum atomic E-state index is 11.6. The van der Waals surface area contributed by atoms with Crippen LogP contribution in [0.25, 0.3) is 0 Å². The Hall–Kier alpha value is -0.570. The van der Waals surface area contributed by atoms with Gasteiger partial charge in [-0.2, -0.15) is 0 Å². The van der Waals surface area contributed by atoms with E-state index in [1.54, 1.807) is 0 Å². The van der Waals surface area contributed by atoms with E-state index >= 15 is 0 Å². The van der Waals surface area contributed by atoms with Crippen molar-refractivity contribution in [3.05, 3.63) is 0 Å². The highest BCUT2D eigenvalue weighted by Crippen LogP contribution is 2.27. The van der Waals surface area contributed by atoms with E-state index in [9.17, 15) is 4.79 Å². The van der Waals surface area contributed by atoms with Crippen molar-refractivity contribution in [1.82, 2.24) is 4.90 Å². The molecule has 1 rings (SSSR count). The van der Waals surface area contributed by atoms with Gasteiger partial charge in [0.05, 0.1) is 12.5 Å². The van der Waals surface area contributed by atoms with Crippen molar-refractivity contribution in [3.63, 3.8) is 0 Å². The lowest BCUT2D eigenvalue weighted by Crippen LogP contribution is -2.48. The Morgan fingerprint density at radius 3 is 2.65 bits per heavy atom. The van der Waals surface area contributed by atoms with E-state index in [0.717, 1.165) is 19.0 Å². The lowest BCUT2D eigenvalue weighted by molar-refractivity contribution is -0.148. The number of rotatable bonds is 4. The van der Waals surface area contributed by atoms with Crippen molar-refractivity contribution >= 4 is 5.97 Å². The third kappa shape index (κ3) is 3.98. The van der Waals surface area contributed by atoms with Crippen LogP contribution in [0, 0.1) is 17.8 Å². The number of hydrogen-bond acceptors (Lipinski definition) is 3. The summed E-state index contributed by atoms with van der Waals surface area (Å²) in [6, 6.07) is 0.572. The molecule has 1 aliphatic rings. The normalized spacial score (nSPS) is 32.2. The smallest absolute Gasteiger partial charge is 0.309 e. The molecule has 0 aliphatic carbocycles. The second-order valence-corrected chi connectivity index (χ2v) is 5.67. The van der Waals surface area contributed by atoms with E-state index in [1.807, 2.05) is 13.8 Å². The van der Waals surface area contributed by atoms with Crippen molar-refractivity contribution in [2.24, 2.45) is 17.8 Å². The summed E-state index contributed by atoms with van der Waals surface area (Å²) in [5, 5.41) is 0. The summed E-state index contributed by atoms with van der Waals surface area (Å²) >= 11 is 0. The Kier molecular flexibility index (Phi) is 5.44. The summed E-state index contributed by atoms with van der Waals surface area (Å²) in [6.45, 7) is 13.1. The van der Waals surface area contributed by atoms with Crippen molar-refractivity contribution in [2.45, 2.75) is 47.1 Å². The molecule has 0 aromatic carbocycles. The zero-order valence-corrected chi connectivity index (χ0v) is 11.9. The molecule has 0 amide bonds. The number of ether oxygens (including phenoxy) is 1. The Labute approximate surface area is 106 Å². The van der Waals surface area contributed by atoms with Crippen molar-refractivity contribution < 1.29 is 9.53 Å². The highest BCUT2D eigenvalue weighted by atomic mass is 16.5. The third-order valence-electron chi connectivity index (χ3n) is 3.92. The zero-order chi connectivity index (χ0) is 13.0. The summed E-state index contributed by atoms with van der Waals surface area (Å²) in [6.07, 6.45) is 1.30. The van der Waals surface area contributed by atoms with E-state index in [-0.39, 0.29) is 11.9 Å². The molecular weight excluding hydrogens is 214 g/mol. The molecule has 3 heteroatoms. The lowest BCUT2D eigenvalue weighted by atomic mass is 9.85. The van der Waals surface area contributed by atoms with Gasteiger partial charge in [0.15, 0.2) is 0 Å². The molecule has 1 aliphatic heterocycles. The van der Waals surface area contributed by atoms with Crippen LogP contribution in [0.4, 0.5) is 0 Å². The van der Waals surface area contributed by atoms with Gasteiger partial charge in [-0.15, -0.1) is 0 Å². The van der Waals surface area contributed by atoms with Crippen LogP contribution in [0.1, 0.15) is 41.0 Å². The fraction of sp³-hybridized carbons (Fsp3) is 0.929. The van der Waals surface area contributed by atoms with Crippen LogP contribution in [0.2, 0.25) is 0 Å². The number of carbonyl (C=O) groups excluding carboxylic acids is 1. The molecule has 0 spiro atoms. The van der Waals surface area contributed by atoms with Gasteiger partial charge in [0.1, 0.15) is 0 Å². The first-order valence-electron chi connectivity index (χ1n) is 6.86. The number of esters is 1. The Balaban J connectivity index is 2.51. The van der Waals surface area contributed by atoms with E-state index in [1.165, 1.54) is 6.42 Å². The van der Waals surface area contributed by atoms with Gasteiger partial charge in [0.25, 0.3) is 0 Å². The minimum absolute atomic E-state index is 0.0186. The summed E-state index contributed by atoms with van der Waals surface area (Å²) in [4.78, 5) is 14.1. The maximum absolute atomic E-state index is 11.6. The fourth-order valence-corrected chi connectivity index (χ4v) is 2.78. The van der Waals surface area contributed by atoms with Crippen LogP contribution in [-0.4, -0.2) is 36.6 Å². The molecule has 0 radical (unpaired) electrons. The molecule has 1 heterocycles. The lowest BCUT2D eigenvalue weighted by Gasteiger charge is -2.41. The fourth-order valence-electron chi connectivity index (χ4n) is 2.78. The van der Waals surface area contributed by atoms with Crippen LogP contribution in [0.3, 0.4) is 0 Å². The molecule has 0 aromatic heterocycles. The standard InChI is InChI=1S/C14H27NO2/c1-6-17-14(16)12(4)9-15-8-10(2)7-11(3)13(15)5/h10-13H,6-9H2,1-5H3. The summed E-state index contributed by atoms with van der Waals surface area (Å²) in [5.41, 5.74) is 0. The molecule has 0 aromatic rings. The largest absolute Gasteiger partial charge is 0.466 e. The molecule has 17 heavy (non-hydrogen) atoms.